The van der Waals surface area contributed by atoms with Crippen molar-refractivity contribution < 1.29 is 9.84 Å². The van der Waals surface area contributed by atoms with E-state index in [4.69, 9.17) is 4.74 Å². The first-order chi connectivity index (χ1) is 9.72. The molecule has 1 unspecified atom stereocenters. The average molecular weight is 293 g/mol. The van der Waals surface area contributed by atoms with Crippen LogP contribution in [0.3, 0.4) is 0 Å². The van der Waals surface area contributed by atoms with E-state index in [0.717, 1.165) is 12.2 Å². The van der Waals surface area contributed by atoms with Crippen molar-refractivity contribution in [1.82, 2.24) is 5.32 Å². The highest BCUT2D eigenvalue weighted by Crippen LogP contribution is 2.28. The van der Waals surface area contributed by atoms with E-state index in [9.17, 15) is 5.11 Å². The number of nitrogens with one attached hydrogen (secondary N) is 1. The molecule has 0 fully saturated rings. The van der Waals surface area contributed by atoms with Crippen molar-refractivity contribution >= 4 is 0 Å². The molecule has 1 aromatic rings. The van der Waals surface area contributed by atoms with Crippen molar-refractivity contribution in [3.63, 3.8) is 0 Å². The second-order valence-corrected chi connectivity index (χ2v) is 7.07. The van der Waals surface area contributed by atoms with Gasteiger partial charge in [-0.15, -0.1) is 0 Å². The monoisotopic (exact) mass is 293 g/mol. The fourth-order valence-corrected chi connectivity index (χ4v) is 2.28. The fourth-order valence-electron chi connectivity index (χ4n) is 2.28. The Morgan fingerprint density at radius 2 is 1.71 bits per heavy atom. The molecule has 120 valence electrons. The summed E-state index contributed by atoms with van der Waals surface area (Å²) >= 11 is 0. The van der Waals surface area contributed by atoms with Gasteiger partial charge in [-0.1, -0.05) is 46.8 Å². The maximum atomic E-state index is 9.55. The molecular formula is C18H31NO2. The maximum Gasteiger partial charge on any atom is 0.119 e. The summed E-state index contributed by atoms with van der Waals surface area (Å²) in [6.45, 7) is 13.3. The molecule has 0 aromatic heterocycles. The van der Waals surface area contributed by atoms with Crippen LogP contribution in [0.15, 0.2) is 24.3 Å². The minimum atomic E-state index is -0.421. The second-order valence-electron chi connectivity index (χ2n) is 7.07. The molecule has 1 aromatic carbocycles. The third-order valence-electron chi connectivity index (χ3n) is 4.06. The summed E-state index contributed by atoms with van der Waals surface area (Å²) in [7, 11) is 0. The molecule has 0 bridgehead atoms. The summed E-state index contributed by atoms with van der Waals surface area (Å²) in [5.74, 6) is 0.843. The first kappa shape index (κ1) is 18.0. The molecular weight excluding hydrogens is 262 g/mol. The number of rotatable bonds is 8. The van der Waals surface area contributed by atoms with E-state index in [0.29, 0.717) is 12.6 Å². The predicted molar refractivity (Wildman–Crippen MR) is 89.0 cm³/mol. The van der Waals surface area contributed by atoms with Gasteiger partial charge in [0.05, 0.1) is 12.1 Å². The van der Waals surface area contributed by atoms with Crippen molar-refractivity contribution in [3.8, 4) is 5.75 Å². The Morgan fingerprint density at radius 3 is 2.14 bits per heavy atom. The Bertz CT molecular complexity index is 425. The van der Waals surface area contributed by atoms with E-state index >= 15 is 0 Å². The molecule has 0 spiro atoms. The van der Waals surface area contributed by atoms with E-state index < -0.39 is 5.54 Å². The van der Waals surface area contributed by atoms with Crippen LogP contribution < -0.4 is 10.1 Å². The van der Waals surface area contributed by atoms with Gasteiger partial charge in [0.25, 0.3) is 0 Å². The van der Waals surface area contributed by atoms with E-state index in [2.05, 4.69) is 52.1 Å². The molecule has 0 saturated carbocycles. The molecule has 0 aliphatic carbocycles. The highest BCUT2D eigenvalue weighted by atomic mass is 16.5. The lowest BCUT2D eigenvalue weighted by atomic mass is 9.82. The smallest absolute Gasteiger partial charge is 0.119 e. The third kappa shape index (κ3) is 5.33. The Morgan fingerprint density at radius 1 is 1.14 bits per heavy atom. The van der Waals surface area contributed by atoms with Gasteiger partial charge in [-0.25, -0.2) is 0 Å². The molecule has 2 N–H and O–H groups in total. The number of ether oxygens (including phenoxy) is 1. The zero-order valence-electron chi connectivity index (χ0n) is 14.4. The van der Waals surface area contributed by atoms with Gasteiger partial charge in [0.15, 0.2) is 0 Å². The second kappa shape index (κ2) is 7.28. The van der Waals surface area contributed by atoms with Crippen LogP contribution in [0.5, 0.6) is 5.75 Å². The molecule has 0 aliphatic rings. The van der Waals surface area contributed by atoms with E-state index in [-0.39, 0.29) is 12.0 Å². The number of benzene rings is 1. The molecule has 21 heavy (non-hydrogen) atoms. The maximum absolute atomic E-state index is 9.55. The molecule has 0 amide bonds. The largest absolute Gasteiger partial charge is 0.492 e. The zero-order chi connectivity index (χ0) is 16.1. The number of hydrogen-bond acceptors (Lipinski definition) is 3. The average Bonchev–Trinajstić information content (AvgIpc) is 2.45. The van der Waals surface area contributed by atoms with E-state index in [1.165, 1.54) is 5.56 Å². The van der Waals surface area contributed by atoms with Gasteiger partial charge in [0.2, 0.25) is 0 Å². The third-order valence-corrected chi connectivity index (χ3v) is 4.06. The Hall–Kier alpha value is -1.06. The first-order valence-corrected chi connectivity index (χ1v) is 7.84. The molecule has 0 saturated heterocycles. The lowest BCUT2D eigenvalue weighted by molar-refractivity contribution is 0.109. The number of hydrogen-bond donors (Lipinski definition) is 2. The van der Waals surface area contributed by atoms with Crippen LogP contribution in [-0.2, 0) is 5.41 Å². The zero-order valence-corrected chi connectivity index (χ0v) is 14.4. The first-order valence-electron chi connectivity index (χ1n) is 7.84. The van der Waals surface area contributed by atoms with Gasteiger partial charge in [-0.3, -0.25) is 0 Å². The van der Waals surface area contributed by atoms with E-state index in [1.807, 2.05) is 19.1 Å². The van der Waals surface area contributed by atoms with Crippen LogP contribution >= 0.6 is 0 Å². The lowest BCUT2D eigenvalue weighted by Crippen LogP contribution is -2.53. The highest BCUT2D eigenvalue weighted by Gasteiger charge is 2.25. The van der Waals surface area contributed by atoms with Gasteiger partial charge in [-0.05, 0) is 36.5 Å². The SMILES string of the molecule is CCC(C)(C)c1ccc(OCC(C)(CO)NC(C)C)cc1. The van der Waals surface area contributed by atoms with Crippen molar-refractivity contribution in [2.75, 3.05) is 13.2 Å². The van der Waals surface area contributed by atoms with Gasteiger partial charge in [-0.2, -0.15) is 0 Å². The summed E-state index contributed by atoms with van der Waals surface area (Å²) in [6.07, 6.45) is 1.11. The standard InChI is InChI=1S/C18H31NO2/c1-7-17(4,5)15-8-10-16(11-9-15)21-13-18(6,12-20)19-14(2)3/h8-11,14,19-20H,7,12-13H2,1-6H3. The quantitative estimate of drug-likeness (QED) is 0.771. The molecule has 1 rings (SSSR count). The number of aliphatic hydroxyl groups is 1. The predicted octanol–water partition coefficient (Wildman–Crippen LogP) is 3.50. The minimum Gasteiger partial charge on any atom is -0.492 e. The Kier molecular flexibility index (Phi) is 6.24. The molecule has 0 heterocycles. The van der Waals surface area contributed by atoms with Crippen LogP contribution in [0.4, 0.5) is 0 Å². The van der Waals surface area contributed by atoms with Crippen LogP contribution in [0, 0.1) is 0 Å². The lowest BCUT2D eigenvalue weighted by Gasteiger charge is -2.31. The van der Waals surface area contributed by atoms with Crippen molar-refractivity contribution in [2.45, 2.75) is 65.0 Å². The summed E-state index contributed by atoms with van der Waals surface area (Å²) in [6, 6.07) is 8.59. The van der Waals surface area contributed by atoms with Gasteiger partial charge in [0.1, 0.15) is 12.4 Å². The molecule has 3 nitrogen and oxygen atoms in total. The fraction of sp³-hybridized carbons (Fsp3) is 0.667. The Labute approximate surface area is 129 Å². The molecule has 1 atom stereocenters. The minimum absolute atomic E-state index is 0.0477. The van der Waals surface area contributed by atoms with Crippen LogP contribution in [0.25, 0.3) is 0 Å². The normalized spacial score (nSPS) is 15.0. The van der Waals surface area contributed by atoms with Crippen molar-refractivity contribution in [1.29, 1.82) is 0 Å². The van der Waals surface area contributed by atoms with Gasteiger partial charge < -0.3 is 15.2 Å². The molecule has 0 aliphatic heterocycles. The summed E-state index contributed by atoms with van der Waals surface area (Å²) in [5.41, 5.74) is 1.09. The molecule has 3 heteroatoms. The van der Waals surface area contributed by atoms with Crippen LogP contribution in [-0.4, -0.2) is 29.9 Å². The van der Waals surface area contributed by atoms with Gasteiger partial charge in [0, 0.05) is 6.04 Å². The van der Waals surface area contributed by atoms with Crippen LogP contribution in [0.1, 0.15) is 53.5 Å². The molecule has 0 radical (unpaired) electrons. The summed E-state index contributed by atoms with van der Waals surface area (Å²) in [4.78, 5) is 0. The van der Waals surface area contributed by atoms with Crippen LogP contribution in [0.2, 0.25) is 0 Å². The number of aliphatic hydroxyl groups excluding tert-OH is 1. The Balaban J connectivity index is 2.68. The van der Waals surface area contributed by atoms with E-state index in [1.54, 1.807) is 0 Å². The van der Waals surface area contributed by atoms with Crippen molar-refractivity contribution in [2.24, 2.45) is 0 Å². The summed E-state index contributed by atoms with van der Waals surface area (Å²) in [5, 5.41) is 12.9. The summed E-state index contributed by atoms with van der Waals surface area (Å²) < 4.78 is 5.84. The highest BCUT2D eigenvalue weighted by molar-refractivity contribution is 5.31. The van der Waals surface area contributed by atoms with Crippen molar-refractivity contribution in [3.05, 3.63) is 29.8 Å². The topological polar surface area (TPSA) is 41.5 Å². The van der Waals surface area contributed by atoms with Gasteiger partial charge >= 0.3 is 0 Å².